The average Bonchev–Trinajstić information content (AvgIpc) is 2.71. The van der Waals surface area contributed by atoms with Gasteiger partial charge in [0.05, 0.1) is 11.5 Å². The summed E-state index contributed by atoms with van der Waals surface area (Å²) in [7, 11) is 0. The largest absolute Gasteiger partial charge is 0.504 e. The molecule has 0 bridgehead atoms. The lowest BCUT2D eigenvalue weighted by molar-refractivity contribution is -0.121. The van der Waals surface area contributed by atoms with Crippen molar-refractivity contribution in [2.45, 2.75) is 6.92 Å². The van der Waals surface area contributed by atoms with E-state index in [1.54, 1.807) is 30.4 Å². The number of phenols is 1. The van der Waals surface area contributed by atoms with Gasteiger partial charge in [-0.3, -0.25) is 9.69 Å². The Morgan fingerprint density at radius 1 is 1.52 bits per heavy atom. The van der Waals surface area contributed by atoms with Gasteiger partial charge in [0.2, 0.25) is 0 Å². The summed E-state index contributed by atoms with van der Waals surface area (Å²) in [4.78, 5) is 14.2. The molecular formula is C15H15NO3S2. The number of carbonyl (C=O) groups excluding carboxylic acids is 1. The van der Waals surface area contributed by atoms with Crippen molar-refractivity contribution in [3.05, 3.63) is 41.3 Å². The fourth-order valence-corrected chi connectivity index (χ4v) is 3.12. The number of rotatable bonds is 5. The highest BCUT2D eigenvalue weighted by Gasteiger charge is 2.31. The molecule has 0 spiro atoms. The van der Waals surface area contributed by atoms with Gasteiger partial charge in [0, 0.05) is 12.1 Å². The maximum absolute atomic E-state index is 12.2. The number of thioether (sulfide) groups is 1. The zero-order chi connectivity index (χ0) is 15.4. The van der Waals surface area contributed by atoms with Gasteiger partial charge in [-0.25, -0.2) is 0 Å². The van der Waals surface area contributed by atoms with Crippen molar-refractivity contribution < 1.29 is 14.6 Å². The molecule has 0 atom stereocenters. The third kappa shape index (κ3) is 3.28. The molecule has 0 saturated carbocycles. The topological polar surface area (TPSA) is 49.8 Å². The van der Waals surface area contributed by atoms with Crippen molar-refractivity contribution in [2.75, 3.05) is 13.2 Å². The first kappa shape index (κ1) is 15.6. The van der Waals surface area contributed by atoms with E-state index in [4.69, 9.17) is 17.0 Å². The maximum Gasteiger partial charge on any atom is 0.266 e. The number of para-hydroxylation sites is 1. The van der Waals surface area contributed by atoms with Crippen LogP contribution in [0.4, 0.5) is 0 Å². The van der Waals surface area contributed by atoms with E-state index in [-0.39, 0.29) is 11.7 Å². The lowest BCUT2D eigenvalue weighted by Crippen LogP contribution is -2.27. The van der Waals surface area contributed by atoms with E-state index >= 15 is 0 Å². The Morgan fingerprint density at radius 2 is 2.29 bits per heavy atom. The zero-order valence-corrected chi connectivity index (χ0v) is 13.2. The van der Waals surface area contributed by atoms with E-state index in [2.05, 4.69) is 6.58 Å². The summed E-state index contributed by atoms with van der Waals surface area (Å²) in [6.45, 7) is 6.29. The van der Waals surface area contributed by atoms with Crippen LogP contribution in [-0.4, -0.2) is 33.4 Å². The van der Waals surface area contributed by atoms with Gasteiger partial charge < -0.3 is 9.84 Å². The fraction of sp³-hybridized carbons (Fsp3) is 0.200. The summed E-state index contributed by atoms with van der Waals surface area (Å²) in [5, 5.41) is 10.1. The van der Waals surface area contributed by atoms with Crippen LogP contribution in [0.3, 0.4) is 0 Å². The maximum atomic E-state index is 12.2. The van der Waals surface area contributed by atoms with Gasteiger partial charge in [0.25, 0.3) is 5.91 Å². The van der Waals surface area contributed by atoms with Crippen LogP contribution in [0, 0.1) is 0 Å². The smallest absolute Gasteiger partial charge is 0.266 e. The Hall–Kier alpha value is -1.79. The second-order valence-electron chi connectivity index (χ2n) is 4.21. The van der Waals surface area contributed by atoms with E-state index in [0.717, 1.165) is 0 Å². The second kappa shape index (κ2) is 6.78. The molecule has 0 aliphatic carbocycles. The number of hydrogen-bond donors (Lipinski definition) is 1. The monoisotopic (exact) mass is 321 g/mol. The molecule has 21 heavy (non-hydrogen) atoms. The summed E-state index contributed by atoms with van der Waals surface area (Å²) < 4.78 is 5.82. The van der Waals surface area contributed by atoms with Gasteiger partial charge in [0.1, 0.15) is 4.32 Å². The first-order chi connectivity index (χ1) is 10.1. The standard InChI is InChI=1S/C15H15NO3S2/c1-3-8-16-14(18)12(21-15(16)20)9-10-6-5-7-11(13(10)17)19-4-2/h3,5-7,9,17H,1,4,8H2,2H3/b12-9+. The molecule has 1 aromatic rings. The summed E-state index contributed by atoms with van der Waals surface area (Å²) in [5.74, 6) is 0.243. The predicted molar refractivity (Wildman–Crippen MR) is 89.4 cm³/mol. The van der Waals surface area contributed by atoms with E-state index < -0.39 is 0 Å². The quantitative estimate of drug-likeness (QED) is 0.513. The molecule has 1 aromatic carbocycles. The molecule has 2 rings (SSSR count). The lowest BCUT2D eigenvalue weighted by atomic mass is 10.1. The van der Waals surface area contributed by atoms with Crippen molar-refractivity contribution in [1.82, 2.24) is 4.90 Å². The van der Waals surface area contributed by atoms with E-state index in [1.165, 1.54) is 16.7 Å². The van der Waals surface area contributed by atoms with Gasteiger partial charge in [-0.1, -0.05) is 42.2 Å². The summed E-state index contributed by atoms with van der Waals surface area (Å²) in [6, 6.07) is 5.16. The third-order valence-corrected chi connectivity index (χ3v) is 4.18. The SMILES string of the molecule is C=CCN1C(=O)/C(=C\c2cccc(OCC)c2O)SC1=S. The van der Waals surface area contributed by atoms with Gasteiger partial charge in [-0.05, 0) is 19.1 Å². The molecule has 0 radical (unpaired) electrons. The summed E-state index contributed by atoms with van der Waals surface area (Å²) >= 11 is 6.38. The van der Waals surface area contributed by atoms with Crippen molar-refractivity contribution in [2.24, 2.45) is 0 Å². The van der Waals surface area contributed by atoms with Crippen LogP contribution in [0.2, 0.25) is 0 Å². The van der Waals surface area contributed by atoms with Gasteiger partial charge in [0.15, 0.2) is 11.5 Å². The summed E-state index contributed by atoms with van der Waals surface area (Å²) in [5.41, 5.74) is 0.528. The number of carbonyl (C=O) groups is 1. The Balaban J connectivity index is 2.32. The molecule has 6 heteroatoms. The van der Waals surface area contributed by atoms with Crippen LogP contribution >= 0.6 is 24.0 Å². The number of benzene rings is 1. The molecule has 4 nitrogen and oxygen atoms in total. The number of hydrogen-bond acceptors (Lipinski definition) is 5. The first-order valence-electron chi connectivity index (χ1n) is 6.39. The minimum atomic E-state index is -0.175. The van der Waals surface area contributed by atoms with Crippen LogP contribution in [0.25, 0.3) is 6.08 Å². The third-order valence-electron chi connectivity index (χ3n) is 2.80. The molecule has 1 amide bonds. The Kier molecular flexibility index (Phi) is 5.03. The molecule has 1 aliphatic rings. The van der Waals surface area contributed by atoms with Crippen LogP contribution < -0.4 is 4.74 Å². The second-order valence-corrected chi connectivity index (χ2v) is 5.88. The molecule has 110 valence electrons. The number of ether oxygens (including phenoxy) is 1. The molecular weight excluding hydrogens is 306 g/mol. The van der Waals surface area contributed by atoms with E-state index in [1.807, 2.05) is 6.92 Å². The molecule has 0 unspecified atom stereocenters. The lowest BCUT2D eigenvalue weighted by Gasteiger charge is -2.10. The van der Waals surface area contributed by atoms with Crippen molar-refractivity contribution in [1.29, 1.82) is 0 Å². The van der Waals surface area contributed by atoms with Crippen LogP contribution in [-0.2, 0) is 4.79 Å². The number of thiocarbonyl (C=S) groups is 1. The highest BCUT2D eigenvalue weighted by Crippen LogP contribution is 2.36. The molecule has 1 saturated heterocycles. The molecule has 1 fully saturated rings. The minimum absolute atomic E-state index is 0.0216. The molecule has 1 N–H and O–H groups in total. The Bertz CT molecular complexity index is 625. The fourth-order valence-electron chi connectivity index (χ4n) is 1.86. The van der Waals surface area contributed by atoms with E-state index in [9.17, 15) is 9.90 Å². The number of nitrogens with zero attached hydrogens (tertiary/aromatic N) is 1. The van der Waals surface area contributed by atoms with Crippen molar-refractivity contribution in [3.8, 4) is 11.5 Å². The van der Waals surface area contributed by atoms with Crippen molar-refractivity contribution in [3.63, 3.8) is 0 Å². The zero-order valence-electron chi connectivity index (χ0n) is 11.5. The van der Waals surface area contributed by atoms with Crippen molar-refractivity contribution >= 4 is 40.3 Å². The molecule has 1 aliphatic heterocycles. The molecule has 0 aromatic heterocycles. The number of phenolic OH excluding ortho intramolecular Hbond substituents is 1. The van der Waals surface area contributed by atoms with Crippen LogP contribution in [0.15, 0.2) is 35.8 Å². The highest BCUT2D eigenvalue weighted by molar-refractivity contribution is 8.26. The van der Waals surface area contributed by atoms with E-state index in [0.29, 0.717) is 33.7 Å². The highest BCUT2D eigenvalue weighted by atomic mass is 32.2. The van der Waals surface area contributed by atoms with Gasteiger partial charge in [-0.2, -0.15) is 0 Å². The first-order valence-corrected chi connectivity index (χ1v) is 7.62. The Labute approximate surface area is 133 Å². The number of amides is 1. The number of aromatic hydroxyl groups is 1. The van der Waals surface area contributed by atoms with Crippen LogP contribution in [0.1, 0.15) is 12.5 Å². The predicted octanol–water partition coefficient (Wildman–Crippen LogP) is 3.18. The summed E-state index contributed by atoms with van der Waals surface area (Å²) in [6.07, 6.45) is 3.25. The molecule has 1 heterocycles. The Morgan fingerprint density at radius 3 is 2.95 bits per heavy atom. The average molecular weight is 321 g/mol. The van der Waals surface area contributed by atoms with Gasteiger partial charge >= 0.3 is 0 Å². The van der Waals surface area contributed by atoms with Gasteiger partial charge in [-0.15, -0.1) is 6.58 Å². The normalized spacial score (nSPS) is 16.6. The van der Waals surface area contributed by atoms with Crippen LogP contribution in [0.5, 0.6) is 11.5 Å². The minimum Gasteiger partial charge on any atom is -0.504 e.